The van der Waals surface area contributed by atoms with Crippen LogP contribution in [0.1, 0.15) is 37.6 Å². The molecule has 1 aromatic rings. The van der Waals surface area contributed by atoms with Crippen LogP contribution in [0.15, 0.2) is 22.7 Å². The lowest BCUT2D eigenvalue weighted by Gasteiger charge is -2.17. The average Bonchev–Trinajstić information content (AvgIpc) is 2.90. The van der Waals surface area contributed by atoms with E-state index in [2.05, 4.69) is 51.8 Å². The van der Waals surface area contributed by atoms with Crippen LogP contribution in [0.5, 0.6) is 5.75 Å². The van der Waals surface area contributed by atoms with E-state index in [9.17, 15) is 0 Å². The third-order valence-corrected chi connectivity index (χ3v) is 5.14. The number of hydrogen-bond donors (Lipinski definition) is 0. The molecule has 2 rings (SSSR count). The first-order chi connectivity index (χ1) is 7.95. The van der Waals surface area contributed by atoms with Crippen molar-refractivity contribution in [2.45, 2.75) is 32.0 Å². The van der Waals surface area contributed by atoms with Crippen LogP contribution in [-0.2, 0) is 0 Å². The quantitative estimate of drug-likeness (QED) is 0.658. The highest BCUT2D eigenvalue weighted by atomic mass is 79.9. The average molecular weight is 362 g/mol. The zero-order valence-corrected chi connectivity index (χ0v) is 13.6. The van der Waals surface area contributed by atoms with Gasteiger partial charge in [-0.05, 0) is 42.9 Å². The zero-order chi connectivity index (χ0) is 12.6. The Hall–Kier alpha value is -0.0200. The number of benzene rings is 1. The minimum Gasteiger partial charge on any atom is -0.494 e. The second-order valence-corrected chi connectivity index (χ2v) is 7.22. The number of hydrogen-bond acceptors (Lipinski definition) is 1. The first-order valence-electron chi connectivity index (χ1n) is 6.02. The number of rotatable bonds is 4. The van der Waals surface area contributed by atoms with Crippen LogP contribution in [0.25, 0.3) is 0 Å². The molecule has 94 valence electrons. The van der Waals surface area contributed by atoms with Crippen molar-refractivity contribution >= 4 is 31.9 Å². The van der Waals surface area contributed by atoms with Crippen molar-refractivity contribution in [2.24, 2.45) is 11.3 Å². The van der Waals surface area contributed by atoms with E-state index in [1.807, 2.05) is 19.1 Å². The Balaban J connectivity index is 2.26. The molecular weight excluding hydrogens is 344 g/mol. The van der Waals surface area contributed by atoms with Gasteiger partial charge in [-0.2, -0.15) is 0 Å². The summed E-state index contributed by atoms with van der Waals surface area (Å²) in [5.41, 5.74) is 1.72. The third kappa shape index (κ3) is 2.87. The number of halogens is 2. The van der Waals surface area contributed by atoms with Crippen molar-refractivity contribution < 1.29 is 4.74 Å². The zero-order valence-electron chi connectivity index (χ0n) is 10.5. The van der Waals surface area contributed by atoms with Crippen molar-refractivity contribution in [3.05, 3.63) is 28.2 Å². The summed E-state index contributed by atoms with van der Waals surface area (Å²) < 4.78 is 6.82. The highest BCUT2D eigenvalue weighted by Gasteiger charge is 2.50. The molecule has 1 fully saturated rings. The molecule has 0 saturated heterocycles. The summed E-state index contributed by atoms with van der Waals surface area (Å²) in [7, 11) is 0. The fourth-order valence-electron chi connectivity index (χ4n) is 2.25. The van der Waals surface area contributed by atoms with Gasteiger partial charge in [0.05, 0.1) is 6.61 Å². The molecule has 0 bridgehead atoms. The molecule has 1 aliphatic rings. The van der Waals surface area contributed by atoms with Crippen LogP contribution in [0.3, 0.4) is 0 Å². The van der Waals surface area contributed by atoms with Gasteiger partial charge in [-0.25, -0.2) is 0 Å². The van der Waals surface area contributed by atoms with E-state index in [1.54, 1.807) is 0 Å². The van der Waals surface area contributed by atoms with Crippen molar-refractivity contribution in [2.75, 3.05) is 6.61 Å². The summed E-state index contributed by atoms with van der Waals surface area (Å²) in [6, 6.07) is 6.25. The normalized spacial score (nSPS) is 23.2. The van der Waals surface area contributed by atoms with E-state index in [0.29, 0.717) is 22.8 Å². The standard InChI is InChI=1S/C14H18Br2O/c1-4-17-12-6-5-9(15)7-10(12)13(16)11-8-14(11,2)3/h5-7,11,13H,4,8H2,1-3H3. The lowest BCUT2D eigenvalue weighted by molar-refractivity contribution is 0.335. The summed E-state index contributed by atoms with van der Waals surface area (Å²) in [4.78, 5) is 0.386. The summed E-state index contributed by atoms with van der Waals surface area (Å²) in [5, 5.41) is 0. The topological polar surface area (TPSA) is 9.23 Å². The second-order valence-electron chi connectivity index (χ2n) is 5.32. The Kier molecular flexibility index (Phi) is 3.89. The van der Waals surface area contributed by atoms with E-state index in [4.69, 9.17) is 4.74 Å². The Morgan fingerprint density at radius 3 is 2.65 bits per heavy atom. The molecule has 2 unspecified atom stereocenters. The lowest BCUT2D eigenvalue weighted by Crippen LogP contribution is -2.03. The van der Waals surface area contributed by atoms with E-state index in [-0.39, 0.29) is 0 Å². The molecule has 1 nitrogen and oxygen atoms in total. The minimum atomic E-state index is 0.386. The molecule has 1 aromatic carbocycles. The van der Waals surface area contributed by atoms with E-state index in [1.165, 1.54) is 12.0 Å². The maximum atomic E-state index is 5.71. The molecule has 17 heavy (non-hydrogen) atoms. The maximum Gasteiger partial charge on any atom is 0.123 e. The van der Waals surface area contributed by atoms with Crippen molar-refractivity contribution in [3.8, 4) is 5.75 Å². The predicted molar refractivity (Wildman–Crippen MR) is 78.9 cm³/mol. The highest BCUT2D eigenvalue weighted by Crippen LogP contribution is 2.61. The van der Waals surface area contributed by atoms with Gasteiger partial charge in [0, 0.05) is 14.9 Å². The molecule has 0 aliphatic heterocycles. The summed E-state index contributed by atoms with van der Waals surface area (Å²) in [5.74, 6) is 1.70. The van der Waals surface area contributed by atoms with Gasteiger partial charge in [0.2, 0.25) is 0 Å². The first-order valence-corrected chi connectivity index (χ1v) is 7.73. The van der Waals surface area contributed by atoms with Gasteiger partial charge in [0.1, 0.15) is 5.75 Å². The summed E-state index contributed by atoms with van der Waals surface area (Å²) in [6.45, 7) is 7.38. The smallest absolute Gasteiger partial charge is 0.123 e. The van der Waals surface area contributed by atoms with Crippen LogP contribution in [0.4, 0.5) is 0 Å². The minimum absolute atomic E-state index is 0.386. The van der Waals surface area contributed by atoms with Crippen molar-refractivity contribution in [3.63, 3.8) is 0 Å². The largest absolute Gasteiger partial charge is 0.494 e. The molecule has 1 saturated carbocycles. The van der Waals surface area contributed by atoms with Crippen LogP contribution in [0.2, 0.25) is 0 Å². The van der Waals surface area contributed by atoms with Gasteiger partial charge in [-0.1, -0.05) is 45.7 Å². The monoisotopic (exact) mass is 360 g/mol. The first kappa shape index (κ1) is 13.4. The number of alkyl halides is 1. The molecular formula is C14H18Br2O. The van der Waals surface area contributed by atoms with Crippen molar-refractivity contribution in [1.29, 1.82) is 0 Å². The predicted octanol–water partition coefficient (Wildman–Crippen LogP) is 5.33. The van der Waals surface area contributed by atoms with Crippen molar-refractivity contribution in [1.82, 2.24) is 0 Å². The van der Waals surface area contributed by atoms with Gasteiger partial charge in [0.15, 0.2) is 0 Å². The molecule has 0 aromatic heterocycles. The molecule has 0 heterocycles. The summed E-state index contributed by atoms with van der Waals surface area (Å²) in [6.07, 6.45) is 1.28. The lowest BCUT2D eigenvalue weighted by atomic mass is 10.0. The molecule has 3 heteroatoms. The van der Waals surface area contributed by atoms with E-state index < -0.39 is 0 Å². The molecule has 0 spiro atoms. The van der Waals surface area contributed by atoms with Gasteiger partial charge in [0.25, 0.3) is 0 Å². The van der Waals surface area contributed by atoms with Crippen LogP contribution in [0, 0.1) is 11.3 Å². The fraction of sp³-hybridized carbons (Fsp3) is 0.571. The van der Waals surface area contributed by atoms with Crippen LogP contribution in [-0.4, -0.2) is 6.61 Å². The van der Waals surface area contributed by atoms with E-state index >= 15 is 0 Å². The molecule has 1 aliphatic carbocycles. The Labute approximate surface area is 120 Å². The molecule has 2 atom stereocenters. The summed E-state index contributed by atoms with van der Waals surface area (Å²) >= 11 is 7.38. The van der Waals surface area contributed by atoms with Gasteiger partial charge >= 0.3 is 0 Å². The Morgan fingerprint density at radius 1 is 1.47 bits per heavy atom. The number of ether oxygens (including phenoxy) is 1. The van der Waals surface area contributed by atoms with Gasteiger partial charge in [-0.3, -0.25) is 0 Å². The van der Waals surface area contributed by atoms with Crippen LogP contribution < -0.4 is 4.74 Å². The fourth-order valence-corrected chi connectivity index (χ4v) is 3.89. The van der Waals surface area contributed by atoms with Gasteiger partial charge in [-0.15, -0.1) is 0 Å². The van der Waals surface area contributed by atoms with Gasteiger partial charge < -0.3 is 4.74 Å². The SMILES string of the molecule is CCOc1ccc(Br)cc1C(Br)C1CC1(C)C. The molecule has 0 radical (unpaired) electrons. The van der Waals surface area contributed by atoms with E-state index in [0.717, 1.165) is 10.2 Å². The molecule has 0 amide bonds. The third-order valence-electron chi connectivity index (χ3n) is 3.51. The second kappa shape index (κ2) is 4.93. The maximum absolute atomic E-state index is 5.71. The molecule has 0 N–H and O–H groups in total. The van der Waals surface area contributed by atoms with Crippen LogP contribution >= 0.6 is 31.9 Å². The Morgan fingerprint density at radius 2 is 2.12 bits per heavy atom. The highest BCUT2D eigenvalue weighted by molar-refractivity contribution is 9.10. The Bertz CT molecular complexity index is 415.